The second-order valence-corrected chi connectivity index (χ2v) is 3.85. The van der Waals surface area contributed by atoms with Gasteiger partial charge in [-0.1, -0.05) is 35.6 Å². The Labute approximate surface area is 97.3 Å². The summed E-state index contributed by atoms with van der Waals surface area (Å²) in [5, 5.41) is 0. The Hall–Kier alpha value is -0.520. The molecule has 0 bridgehead atoms. The summed E-state index contributed by atoms with van der Waals surface area (Å²) in [6.07, 6.45) is 4.46. The highest BCUT2D eigenvalue weighted by Gasteiger charge is 2.26. The highest BCUT2D eigenvalue weighted by Crippen LogP contribution is 2.21. The maximum Gasteiger partial charge on any atom is 0.373 e. The summed E-state index contributed by atoms with van der Waals surface area (Å²) in [4.78, 5) is 11.3. The number of hydrogen-bond donors (Lipinski definition) is 0. The van der Waals surface area contributed by atoms with E-state index in [-0.39, 0.29) is 18.0 Å². The zero-order valence-electron chi connectivity index (χ0n) is 8.20. The van der Waals surface area contributed by atoms with Crippen LogP contribution in [0.4, 0.5) is 0 Å². The summed E-state index contributed by atoms with van der Waals surface area (Å²) in [7, 11) is 1.47. The molecular formula is C10H13IO3. The van der Waals surface area contributed by atoms with Gasteiger partial charge in [-0.25, -0.2) is 4.79 Å². The van der Waals surface area contributed by atoms with Crippen LogP contribution < -0.4 is 0 Å². The van der Waals surface area contributed by atoms with Crippen molar-refractivity contribution in [2.45, 2.75) is 19.4 Å². The van der Waals surface area contributed by atoms with Gasteiger partial charge >= 0.3 is 5.97 Å². The number of ether oxygens (including phenoxy) is 2. The topological polar surface area (TPSA) is 35.5 Å². The van der Waals surface area contributed by atoms with Gasteiger partial charge in [-0.05, 0) is 10.2 Å². The van der Waals surface area contributed by atoms with E-state index in [1.54, 1.807) is 6.08 Å². The Balaban J connectivity index is 2.63. The van der Waals surface area contributed by atoms with Crippen LogP contribution in [0.3, 0.4) is 0 Å². The van der Waals surface area contributed by atoms with E-state index in [2.05, 4.69) is 22.6 Å². The summed E-state index contributed by atoms with van der Waals surface area (Å²) in [5.41, 5.74) is 0. The average molecular weight is 308 g/mol. The van der Waals surface area contributed by atoms with Crippen molar-refractivity contribution in [3.05, 3.63) is 22.0 Å². The number of hydrogen-bond acceptors (Lipinski definition) is 3. The lowest BCUT2D eigenvalue weighted by Crippen LogP contribution is -2.28. The molecule has 0 aromatic carbocycles. The van der Waals surface area contributed by atoms with Crippen LogP contribution in [0.25, 0.3) is 0 Å². The summed E-state index contributed by atoms with van der Waals surface area (Å²) >= 11 is 2.15. The second kappa shape index (κ2) is 5.38. The first-order chi connectivity index (χ1) is 6.69. The Kier molecular flexibility index (Phi) is 4.44. The number of carbonyl (C=O) groups is 1. The SMILES string of the molecule is COC1=CC[C@@H]([C@@H](C)/C=C/I)OC1=O. The molecule has 4 heteroatoms. The second-order valence-electron chi connectivity index (χ2n) is 3.13. The van der Waals surface area contributed by atoms with E-state index in [4.69, 9.17) is 9.47 Å². The highest BCUT2D eigenvalue weighted by molar-refractivity contribution is 14.1. The van der Waals surface area contributed by atoms with Crippen molar-refractivity contribution < 1.29 is 14.3 Å². The largest absolute Gasteiger partial charge is 0.490 e. The minimum Gasteiger partial charge on any atom is -0.490 e. The first-order valence-electron chi connectivity index (χ1n) is 4.41. The predicted octanol–water partition coefficient (Wildman–Crippen LogP) is 2.42. The number of esters is 1. The molecule has 0 aliphatic carbocycles. The van der Waals surface area contributed by atoms with Crippen molar-refractivity contribution in [3.63, 3.8) is 0 Å². The van der Waals surface area contributed by atoms with Gasteiger partial charge in [-0.3, -0.25) is 0 Å². The van der Waals surface area contributed by atoms with E-state index >= 15 is 0 Å². The molecular weight excluding hydrogens is 295 g/mol. The first-order valence-corrected chi connectivity index (χ1v) is 5.65. The fraction of sp³-hybridized carbons (Fsp3) is 0.500. The number of cyclic esters (lactones) is 1. The van der Waals surface area contributed by atoms with Crippen LogP contribution in [-0.4, -0.2) is 19.2 Å². The summed E-state index contributed by atoms with van der Waals surface area (Å²) in [6, 6.07) is 0. The highest BCUT2D eigenvalue weighted by atomic mass is 127. The Bertz CT molecular complexity index is 271. The van der Waals surface area contributed by atoms with E-state index in [1.165, 1.54) is 7.11 Å². The number of carbonyl (C=O) groups excluding carboxylic acids is 1. The van der Waals surface area contributed by atoms with Gasteiger partial charge in [0.1, 0.15) is 6.10 Å². The lowest BCUT2D eigenvalue weighted by Gasteiger charge is -2.24. The van der Waals surface area contributed by atoms with Gasteiger partial charge in [0.2, 0.25) is 0 Å². The molecule has 2 atom stereocenters. The minimum absolute atomic E-state index is 0.0626. The Morgan fingerprint density at radius 2 is 2.50 bits per heavy atom. The van der Waals surface area contributed by atoms with Gasteiger partial charge in [0.25, 0.3) is 0 Å². The van der Waals surface area contributed by atoms with Crippen molar-refractivity contribution in [1.29, 1.82) is 0 Å². The molecule has 0 amide bonds. The average Bonchev–Trinajstić information content (AvgIpc) is 2.18. The molecule has 0 saturated heterocycles. The van der Waals surface area contributed by atoms with Gasteiger partial charge in [0.15, 0.2) is 5.76 Å². The molecule has 0 aromatic rings. The Morgan fingerprint density at radius 3 is 3.00 bits per heavy atom. The minimum atomic E-state index is -0.363. The van der Waals surface area contributed by atoms with Crippen molar-refractivity contribution in [3.8, 4) is 0 Å². The third-order valence-corrected chi connectivity index (χ3v) is 2.59. The smallest absolute Gasteiger partial charge is 0.373 e. The summed E-state index contributed by atoms with van der Waals surface area (Å²) in [6.45, 7) is 2.03. The van der Waals surface area contributed by atoms with Crippen molar-refractivity contribution in [1.82, 2.24) is 0 Å². The molecule has 78 valence electrons. The third-order valence-electron chi connectivity index (χ3n) is 2.18. The fourth-order valence-corrected chi connectivity index (χ4v) is 1.93. The molecule has 1 heterocycles. The van der Waals surface area contributed by atoms with E-state index in [9.17, 15) is 4.79 Å². The van der Waals surface area contributed by atoms with Gasteiger partial charge in [-0.15, -0.1) is 0 Å². The van der Waals surface area contributed by atoms with E-state index in [0.717, 1.165) is 6.42 Å². The van der Waals surface area contributed by atoms with E-state index in [0.29, 0.717) is 5.76 Å². The molecule has 1 rings (SSSR count). The maximum absolute atomic E-state index is 11.3. The van der Waals surface area contributed by atoms with Crippen LogP contribution in [0.2, 0.25) is 0 Å². The van der Waals surface area contributed by atoms with Gasteiger partial charge < -0.3 is 9.47 Å². The molecule has 0 unspecified atom stereocenters. The zero-order valence-corrected chi connectivity index (χ0v) is 10.4. The molecule has 0 aromatic heterocycles. The van der Waals surface area contributed by atoms with E-state index in [1.807, 2.05) is 17.1 Å². The molecule has 1 aliphatic rings. The number of rotatable bonds is 3. The first kappa shape index (κ1) is 11.6. The molecule has 0 spiro atoms. The van der Waals surface area contributed by atoms with Gasteiger partial charge in [-0.2, -0.15) is 0 Å². The van der Waals surface area contributed by atoms with Crippen LogP contribution in [0.1, 0.15) is 13.3 Å². The lowest BCUT2D eigenvalue weighted by atomic mass is 10.0. The van der Waals surface area contributed by atoms with Crippen molar-refractivity contribution in [2.24, 2.45) is 5.92 Å². The van der Waals surface area contributed by atoms with E-state index < -0.39 is 0 Å². The summed E-state index contributed by atoms with van der Waals surface area (Å²) < 4.78 is 12.0. The fourth-order valence-electron chi connectivity index (χ4n) is 1.28. The molecule has 0 saturated carbocycles. The quantitative estimate of drug-likeness (QED) is 0.593. The molecule has 0 fully saturated rings. The third kappa shape index (κ3) is 2.73. The van der Waals surface area contributed by atoms with Crippen LogP contribution in [-0.2, 0) is 14.3 Å². The number of halogens is 1. The molecule has 14 heavy (non-hydrogen) atoms. The molecule has 3 nitrogen and oxygen atoms in total. The lowest BCUT2D eigenvalue weighted by molar-refractivity contribution is -0.151. The van der Waals surface area contributed by atoms with Crippen LogP contribution in [0.15, 0.2) is 22.0 Å². The Morgan fingerprint density at radius 1 is 1.79 bits per heavy atom. The molecule has 0 radical (unpaired) electrons. The van der Waals surface area contributed by atoms with Crippen LogP contribution in [0.5, 0.6) is 0 Å². The normalized spacial score (nSPS) is 24.4. The maximum atomic E-state index is 11.3. The predicted molar refractivity (Wildman–Crippen MR) is 61.9 cm³/mol. The van der Waals surface area contributed by atoms with Gasteiger partial charge in [0, 0.05) is 12.3 Å². The zero-order chi connectivity index (χ0) is 10.6. The molecule has 0 N–H and O–H groups in total. The molecule has 1 aliphatic heterocycles. The summed E-state index contributed by atoms with van der Waals surface area (Å²) in [5.74, 6) is 0.190. The van der Waals surface area contributed by atoms with Crippen LogP contribution in [0, 0.1) is 5.92 Å². The van der Waals surface area contributed by atoms with Crippen molar-refractivity contribution in [2.75, 3.05) is 7.11 Å². The standard InChI is InChI=1S/C10H13IO3/c1-7(5-6-11)8-3-4-9(13-2)10(12)14-8/h4-8H,3H2,1-2H3/b6-5+/t7-,8-/m0/s1. The monoisotopic (exact) mass is 308 g/mol. The van der Waals surface area contributed by atoms with Crippen molar-refractivity contribution >= 4 is 28.6 Å². The van der Waals surface area contributed by atoms with Crippen LogP contribution >= 0.6 is 22.6 Å². The number of methoxy groups -OCH3 is 1. The van der Waals surface area contributed by atoms with Gasteiger partial charge in [0.05, 0.1) is 7.11 Å².